The lowest BCUT2D eigenvalue weighted by Gasteiger charge is -2.19. The Bertz CT molecular complexity index is 696. The van der Waals surface area contributed by atoms with Gasteiger partial charge in [0.25, 0.3) is 5.91 Å². The molecular weight excluding hydrogens is 281 g/mol. The van der Waals surface area contributed by atoms with E-state index in [4.69, 9.17) is 5.73 Å². The summed E-state index contributed by atoms with van der Waals surface area (Å²) in [6, 6.07) is 11.4. The topological polar surface area (TPSA) is 58.4 Å². The van der Waals surface area contributed by atoms with E-state index in [1.54, 1.807) is 41.3 Å². The van der Waals surface area contributed by atoms with Crippen molar-refractivity contribution < 1.29 is 9.18 Å². The molecule has 0 atom stereocenters. The predicted molar refractivity (Wildman–Crippen MR) is 85.7 cm³/mol. The van der Waals surface area contributed by atoms with Crippen molar-refractivity contribution in [2.24, 2.45) is 0 Å². The number of hydrogen-bond acceptors (Lipinski definition) is 3. The van der Waals surface area contributed by atoms with Crippen molar-refractivity contribution in [3.63, 3.8) is 0 Å². The molecule has 5 heteroatoms. The minimum Gasteiger partial charge on any atom is -0.399 e. The second-order valence-electron chi connectivity index (χ2n) is 5.41. The number of benzene rings is 2. The summed E-state index contributed by atoms with van der Waals surface area (Å²) < 4.78 is 13.8. The number of carbonyl (C=O) groups is 1. The number of likely N-dealkylation sites (tertiary alicyclic amines) is 1. The van der Waals surface area contributed by atoms with Gasteiger partial charge in [-0.15, -0.1) is 0 Å². The van der Waals surface area contributed by atoms with E-state index in [0.29, 0.717) is 22.6 Å². The summed E-state index contributed by atoms with van der Waals surface area (Å²) in [5.74, 6) is -0.428. The van der Waals surface area contributed by atoms with Crippen LogP contribution in [-0.4, -0.2) is 23.9 Å². The molecule has 4 nitrogen and oxygen atoms in total. The zero-order chi connectivity index (χ0) is 15.5. The van der Waals surface area contributed by atoms with Gasteiger partial charge in [0.15, 0.2) is 0 Å². The van der Waals surface area contributed by atoms with Gasteiger partial charge in [0.2, 0.25) is 0 Å². The van der Waals surface area contributed by atoms with Gasteiger partial charge in [0.1, 0.15) is 5.82 Å². The maximum Gasteiger partial charge on any atom is 0.256 e. The third-order valence-electron chi connectivity index (χ3n) is 3.81. The minimum atomic E-state index is -0.362. The van der Waals surface area contributed by atoms with Gasteiger partial charge in [0.05, 0.1) is 16.9 Å². The highest BCUT2D eigenvalue weighted by Gasteiger charge is 2.22. The Labute approximate surface area is 128 Å². The van der Waals surface area contributed by atoms with E-state index in [1.807, 2.05) is 0 Å². The summed E-state index contributed by atoms with van der Waals surface area (Å²) in [4.78, 5) is 14.4. The van der Waals surface area contributed by atoms with Gasteiger partial charge in [-0.05, 0) is 43.2 Å². The van der Waals surface area contributed by atoms with Crippen LogP contribution in [-0.2, 0) is 0 Å². The lowest BCUT2D eigenvalue weighted by molar-refractivity contribution is 0.0794. The normalized spacial score (nSPS) is 14.1. The number of nitrogen functional groups attached to an aromatic ring is 1. The van der Waals surface area contributed by atoms with E-state index >= 15 is 0 Å². The average molecular weight is 299 g/mol. The van der Waals surface area contributed by atoms with Crippen LogP contribution in [0.2, 0.25) is 0 Å². The molecule has 0 aromatic heterocycles. The van der Waals surface area contributed by atoms with Crippen molar-refractivity contribution in [1.29, 1.82) is 0 Å². The summed E-state index contributed by atoms with van der Waals surface area (Å²) in [7, 11) is 0. The maximum absolute atomic E-state index is 13.8. The zero-order valence-electron chi connectivity index (χ0n) is 12.2. The molecule has 1 fully saturated rings. The Morgan fingerprint density at radius 2 is 1.82 bits per heavy atom. The van der Waals surface area contributed by atoms with Crippen LogP contribution in [0.15, 0.2) is 42.5 Å². The van der Waals surface area contributed by atoms with Crippen molar-refractivity contribution in [3.05, 3.63) is 53.8 Å². The molecule has 2 aromatic carbocycles. The number of hydrogen-bond donors (Lipinski definition) is 2. The fourth-order valence-corrected chi connectivity index (χ4v) is 2.65. The molecule has 3 rings (SSSR count). The SMILES string of the molecule is Nc1ccc(Nc2ccccc2F)c(C(=O)N2CCCC2)c1. The molecule has 3 N–H and O–H groups in total. The average Bonchev–Trinajstić information content (AvgIpc) is 3.05. The number of amides is 1. The molecule has 22 heavy (non-hydrogen) atoms. The van der Waals surface area contributed by atoms with Crippen LogP contribution in [0.25, 0.3) is 0 Å². The molecule has 1 aliphatic heterocycles. The Morgan fingerprint density at radius 3 is 2.55 bits per heavy atom. The number of para-hydroxylation sites is 1. The van der Waals surface area contributed by atoms with Gasteiger partial charge in [-0.2, -0.15) is 0 Å². The van der Waals surface area contributed by atoms with Gasteiger partial charge in [-0.25, -0.2) is 4.39 Å². The Kier molecular flexibility index (Phi) is 3.96. The Morgan fingerprint density at radius 1 is 1.09 bits per heavy atom. The van der Waals surface area contributed by atoms with Crippen LogP contribution in [0.5, 0.6) is 0 Å². The summed E-state index contributed by atoms with van der Waals surface area (Å²) in [6.45, 7) is 1.51. The molecule has 1 saturated heterocycles. The van der Waals surface area contributed by atoms with Gasteiger partial charge in [-0.1, -0.05) is 12.1 Å². The van der Waals surface area contributed by atoms with Gasteiger partial charge < -0.3 is 16.0 Å². The summed E-state index contributed by atoms with van der Waals surface area (Å²) >= 11 is 0. The second kappa shape index (κ2) is 6.05. The smallest absolute Gasteiger partial charge is 0.256 e. The van der Waals surface area contributed by atoms with Crippen LogP contribution in [0.4, 0.5) is 21.5 Å². The summed E-state index contributed by atoms with van der Waals surface area (Å²) in [5.41, 5.74) is 7.71. The highest BCUT2D eigenvalue weighted by Crippen LogP contribution is 2.27. The number of rotatable bonds is 3. The first-order valence-electron chi connectivity index (χ1n) is 7.35. The largest absolute Gasteiger partial charge is 0.399 e. The lowest BCUT2D eigenvalue weighted by atomic mass is 10.1. The Hall–Kier alpha value is -2.56. The maximum atomic E-state index is 13.8. The van der Waals surface area contributed by atoms with E-state index < -0.39 is 0 Å². The van der Waals surface area contributed by atoms with Gasteiger partial charge in [-0.3, -0.25) is 4.79 Å². The van der Waals surface area contributed by atoms with Crippen LogP contribution < -0.4 is 11.1 Å². The van der Waals surface area contributed by atoms with Crippen molar-refractivity contribution in [1.82, 2.24) is 4.90 Å². The van der Waals surface area contributed by atoms with Crippen molar-refractivity contribution in [3.8, 4) is 0 Å². The molecule has 0 spiro atoms. The molecule has 0 saturated carbocycles. The van der Waals surface area contributed by atoms with Gasteiger partial charge in [0, 0.05) is 18.8 Å². The molecule has 0 aliphatic carbocycles. The number of halogens is 1. The van der Waals surface area contributed by atoms with Crippen molar-refractivity contribution >= 4 is 23.0 Å². The van der Waals surface area contributed by atoms with Crippen LogP contribution in [0.1, 0.15) is 23.2 Å². The third-order valence-corrected chi connectivity index (χ3v) is 3.81. The van der Waals surface area contributed by atoms with E-state index in [-0.39, 0.29) is 11.7 Å². The van der Waals surface area contributed by atoms with E-state index in [1.165, 1.54) is 6.07 Å². The van der Waals surface area contributed by atoms with Gasteiger partial charge >= 0.3 is 0 Å². The second-order valence-corrected chi connectivity index (χ2v) is 5.41. The van der Waals surface area contributed by atoms with E-state index in [2.05, 4.69) is 5.32 Å². The molecule has 1 aliphatic rings. The van der Waals surface area contributed by atoms with E-state index in [0.717, 1.165) is 25.9 Å². The van der Waals surface area contributed by atoms with Crippen LogP contribution in [0.3, 0.4) is 0 Å². The lowest BCUT2D eigenvalue weighted by Crippen LogP contribution is -2.28. The van der Waals surface area contributed by atoms with Crippen molar-refractivity contribution in [2.75, 3.05) is 24.1 Å². The first-order chi connectivity index (χ1) is 10.6. The first kappa shape index (κ1) is 14.4. The third kappa shape index (κ3) is 2.88. The predicted octanol–water partition coefficient (Wildman–Crippen LogP) is 3.39. The fraction of sp³-hybridized carbons (Fsp3) is 0.235. The number of carbonyl (C=O) groups excluding carboxylic acids is 1. The Balaban J connectivity index is 1.94. The zero-order valence-corrected chi connectivity index (χ0v) is 12.2. The molecule has 1 amide bonds. The molecule has 0 bridgehead atoms. The minimum absolute atomic E-state index is 0.0661. The molecule has 2 aromatic rings. The van der Waals surface area contributed by atoms with Crippen molar-refractivity contribution in [2.45, 2.75) is 12.8 Å². The van der Waals surface area contributed by atoms with E-state index in [9.17, 15) is 9.18 Å². The fourth-order valence-electron chi connectivity index (χ4n) is 2.65. The molecule has 114 valence electrons. The number of nitrogens with two attached hydrogens (primary N) is 1. The van der Waals surface area contributed by atoms with Crippen LogP contribution >= 0.6 is 0 Å². The highest BCUT2D eigenvalue weighted by molar-refractivity contribution is 6.01. The molecule has 0 radical (unpaired) electrons. The number of nitrogens with one attached hydrogen (secondary N) is 1. The summed E-state index contributed by atoms with van der Waals surface area (Å²) in [6.07, 6.45) is 2.04. The number of anilines is 3. The number of nitrogens with zero attached hydrogens (tertiary/aromatic N) is 1. The molecule has 0 unspecified atom stereocenters. The van der Waals surface area contributed by atoms with Crippen LogP contribution in [0, 0.1) is 5.82 Å². The molecule has 1 heterocycles. The highest BCUT2D eigenvalue weighted by atomic mass is 19.1. The molecular formula is C17H18FN3O. The monoisotopic (exact) mass is 299 g/mol. The summed E-state index contributed by atoms with van der Waals surface area (Å²) in [5, 5.41) is 2.99. The first-order valence-corrected chi connectivity index (χ1v) is 7.35. The quantitative estimate of drug-likeness (QED) is 0.854. The standard InChI is InChI=1S/C17H18FN3O/c18-14-5-1-2-6-16(14)20-15-8-7-12(19)11-13(15)17(22)21-9-3-4-10-21/h1-2,5-8,11,20H,3-4,9-10,19H2.